The molecule has 7 heteroatoms. The fourth-order valence-electron chi connectivity index (χ4n) is 4.33. The van der Waals surface area contributed by atoms with Crippen LogP contribution < -0.4 is 15.4 Å². The predicted octanol–water partition coefficient (Wildman–Crippen LogP) is 5.00. The molecule has 1 aromatic heterocycles. The summed E-state index contributed by atoms with van der Waals surface area (Å²) in [5.41, 5.74) is 3.42. The number of methoxy groups -OCH3 is 1. The molecule has 4 aromatic rings. The summed E-state index contributed by atoms with van der Waals surface area (Å²) in [7, 11) is 1.66. The molecule has 0 saturated heterocycles. The lowest BCUT2D eigenvalue weighted by atomic mass is 9.93. The normalized spacial score (nSPS) is 16.9. The van der Waals surface area contributed by atoms with Crippen molar-refractivity contribution < 1.29 is 9.53 Å². The van der Waals surface area contributed by atoms with Gasteiger partial charge in [-0.2, -0.15) is 4.98 Å². The maximum Gasteiger partial charge on any atom is 0.250 e. The van der Waals surface area contributed by atoms with E-state index in [9.17, 15) is 4.79 Å². The molecule has 0 bridgehead atoms. The summed E-state index contributed by atoms with van der Waals surface area (Å²) in [6.45, 7) is 0. The molecule has 172 valence electrons. The summed E-state index contributed by atoms with van der Waals surface area (Å²) >= 11 is 0. The number of hydrogen-bond acceptors (Lipinski definition) is 5. The van der Waals surface area contributed by atoms with Gasteiger partial charge in [-0.3, -0.25) is 10.1 Å². The molecule has 2 N–H and O–H groups in total. The number of ether oxygens (including phenoxy) is 1. The zero-order valence-corrected chi connectivity index (χ0v) is 19.0. The summed E-state index contributed by atoms with van der Waals surface area (Å²) in [5.74, 6) is 1.67. The van der Waals surface area contributed by atoms with Crippen LogP contribution in [0.1, 0.15) is 41.6 Å². The number of nitrogens with zero attached hydrogens (tertiary/aromatic N) is 3. The Hall–Kier alpha value is -4.13. The summed E-state index contributed by atoms with van der Waals surface area (Å²) < 4.78 is 7.18. The lowest BCUT2D eigenvalue weighted by Crippen LogP contribution is -2.28. The van der Waals surface area contributed by atoms with Gasteiger partial charge in [-0.15, -0.1) is 5.10 Å². The van der Waals surface area contributed by atoms with E-state index >= 15 is 0 Å². The van der Waals surface area contributed by atoms with Crippen molar-refractivity contribution in [2.24, 2.45) is 0 Å². The summed E-state index contributed by atoms with van der Waals surface area (Å²) in [6.07, 6.45) is 1.84. The molecule has 2 atom stereocenters. The van der Waals surface area contributed by atoms with Crippen molar-refractivity contribution in [3.05, 3.63) is 102 Å². The minimum Gasteiger partial charge on any atom is -0.497 e. The molecule has 1 amide bonds. The molecular weight excluding hydrogens is 426 g/mol. The number of rotatable bonds is 7. The Bertz CT molecular complexity index is 1240. The standard InChI is InChI=1S/C27H27N5O2/c1-34-22-15-13-20(14-16-22)23-18-24(21-10-6-3-7-11-21)32-27(28-23)30-26(31-32)29-25(33)17-12-19-8-4-2-5-9-19/h2-11,13-16,23-24H,12,17-18H2,1H3,(H2,28,29,30,31,33)/t23-,24+/m0/s1. The van der Waals surface area contributed by atoms with Crippen molar-refractivity contribution >= 4 is 17.8 Å². The zero-order valence-electron chi connectivity index (χ0n) is 19.0. The highest BCUT2D eigenvalue weighted by Crippen LogP contribution is 2.38. The Morgan fingerprint density at radius 3 is 2.41 bits per heavy atom. The topological polar surface area (TPSA) is 81.1 Å². The SMILES string of the molecule is COc1ccc([C@@H]2C[C@H](c3ccccc3)n3nc(NC(=O)CCc4ccccc4)nc3N2)cc1. The van der Waals surface area contributed by atoms with E-state index in [1.165, 1.54) is 0 Å². The first-order chi connectivity index (χ1) is 16.7. The average molecular weight is 454 g/mol. The molecule has 3 aromatic carbocycles. The number of aromatic nitrogens is 3. The molecule has 0 radical (unpaired) electrons. The molecule has 1 aliphatic heterocycles. The second kappa shape index (κ2) is 9.79. The van der Waals surface area contributed by atoms with E-state index in [0.29, 0.717) is 24.7 Å². The Kier molecular flexibility index (Phi) is 6.25. The van der Waals surface area contributed by atoms with Crippen LogP contribution in [-0.4, -0.2) is 27.8 Å². The second-order valence-corrected chi connectivity index (χ2v) is 8.37. The van der Waals surface area contributed by atoms with E-state index in [-0.39, 0.29) is 18.0 Å². The molecule has 2 heterocycles. The van der Waals surface area contributed by atoms with Crippen LogP contribution in [0.4, 0.5) is 11.9 Å². The van der Waals surface area contributed by atoms with Gasteiger partial charge in [0.05, 0.1) is 19.2 Å². The number of fused-ring (bicyclic) bond motifs is 1. The summed E-state index contributed by atoms with van der Waals surface area (Å²) in [4.78, 5) is 17.2. The first kappa shape index (κ1) is 21.7. The van der Waals surface area contributed by atoms with Gasteiger partial charge in [0.15, 0.2) is 0 Å². The van der Waals surface area contributed by atoms with E-state index in [4.69, 9.17) is 4.74 Å². The summed E-state index contributed by atoms with van der Waals surface area (Å²) in [5, 5.41) is 11.0. The van der Waals surface area contributed by atoms with Crippen molar-refractivity contribution in [1.82, 2.24) is 14.8 Å². The highest BCUT2D eigenvalue weighted by molar-refractivity contribution is 5.89. The number of nitrogens with one attached hydrogen (secondary N) is 2. The van der Waals surface area contributed by atoms with Gasteiger partial charge in [0.2, 0.25) is 11.9 Å². The van der Waals surface area contributed by atoms with Crippen molar-refractivity contribution in [2.75, 3.05) is 17.7 Å². The molecule has 0 spiro atoms. The number of anilines is 2. The number of carbonyl (C=O) groups is 1. The molecule has 1 aliphatic rings. The van der Waals surface area contributed by atoms with Gasteiger partial charge in [0, 0.05) is 6.42 Å². The maximum atomic E-state index is 12.6. The van der Waals surface area contributed by atoms with Gasteiger partial charge in [-0.1, -0.05) is 72.8 Å². The number of aryl methyl sites for hydroxylation is 1. The number of benzene rings is 3. The fraction of sp³-hybridized carbons (Fsp3) is 0.222. The smallest absolute Gasteiger partial charge is 0.250 e. The van der Waals surface area contributed by atoms with Crippen LogP contribution in [0.25, 0.3) is 0 Å². The van der Waals surface area contributed by atoms with Gasteiger partial charge in [-0.25, -0.2) is 4.68 Å². The van der Waals surface area contributed by atoms with E-state index in [2.05, 4.69) is 45.0 Å². The van der Waals surface area contributed by atoms with E-state index < -0.39 is 0 Å². The molecule has 34 heavy (non-hydrogen) atoms. The van der Waals surface area contributed by atoms with Crippen LogP contribution in [0.3, 0.4) is 0 Å². The third kappa shape index (κ3) is 4.78. The van der Waals surface area contributed by atoms with Crippen molar-refractivity contribution in [1.29, 1.82) is 0 Å². The predicted molar refractivity (Wildman–Crippen MR) is 132 cm³/mol. The third-order valence-corrected chi connectivity index (χ3v) is 6.13. The molecular formula is C27H27N5O2. The van der Waals surface area contributed by atoms with Crippen LogP contribution in [0.2, 0.25) is 0 Å². The minimum absolute atomic E-state index is 0.00739. The van der Waals surface area contributed by atoms with Crippen molar-refractivity contribution in [3.63, 3.8) is 0 Å². The number of amides is 1. The highest BCUT2D eigenvalue weighted by Gasteiger charge is 2.31. The Morgan fingerprint density at radius 2 is 1.71 bits per heavy atom. The van der Waals surface area contributed by atoms with Crippen LogP contribution in [0.5, 0.6) is 5.75 Å². The van der Waals surface area contributed by atoms with Crippen LogP contribution >= 0.6 is 0 Å². The monoisotopic (exact) mass is 453 g/mol. The average Bonchev–Trinajstić information content (AvgIpc) is 3.30. The van der Waals surface area contributed by atoms with E-state index in [0.717, 1.165) is 28.9 Å². The molecule has 7 nitrogen and oxygen atoms in total. The fourth-order valence-corrected chi connectivity index (χ4v) is 4.33. The molecule has 5 rings (SSSR count). The minimum atomic E-state index is -0.102. The largest absolute Gasteiger partial charge is 0.497 e. The molecule has 0 unspecified atom stereocenters. The maximum absolute atomic E-state index is 12.6. The van der Waals surface area contributed by atoms with E-state index in [1.807, 2.05) is 65.3 Å². The molecule has 0 aliphatic carbocycles. The third-order valence-electron chi connectivity index (χ3n) is 6.13. The van der Waals surface area contributed by atoms with E-state index in [1.54, 1.807) is 7.11 Å². The Balaban J connectivity index is 1.37. The number of hydrogen-bond donors (Lipinski definition) is 2. The quantitative estimate of drug-likeness (QED) is 0.411. The van der Waals surface area contributed by atoms with Crippen LogP contribution in [0, 0.1) is 0 Å². The highest BCUT2D eigenvalue weighted by atomic mass is 16.5. The lowest BCUT2D eigenvalue weighted by molar-refractivity contribution is -0.116. The van der Waals surface area contributed by atoms with Gasteiger partial charge in [0.1, 0.15) is 5.75 Å². The molecule has 0 fully saturated rings. The summed E-state index contributed by atoms with van der Waals surface area (Å²) in [6, 6.07) is 28.3. The molecule has 0 saturated carbocycles. The lowest BCUT2D eigenvalue weighted by Gasteiger charge is -2.31. The van der Waals surface area contributed by atoms with Crippen molar-refractivity contribution in [2.45, 2.75) is 31.3 Å². The second-order valence-electron chi connectivity index (χ2n) is 8.37. The van der Waals surface area contributed by atoms with Gasteiger partial charge in [0.25, 0.3) is 5.95 Å². The first-order valence-electron chi connectivity index (χ1n) is 11.5. The first-order valence-corrected chi connectivity index (χ1v) is 11.5. The Labute approximate surface area is 198 Å². The van der Waals surface area contributed by atoms with Crippen LogP contribution in [-0.2, 0) is 11.2 Å². The zero-order chi connectivity index (χ0) is 23.3. The van der Waals surface area contributed by atoms with Gasteiger partial charge >= 0.3 is 0 Å². The Morgan fingerprint density at radius 1 is 1.00 bits per heavy atom. The van der Waals surface area contributed by atoms with Crippen LogP contribution in [0.15, 0.2) is 84.9 Å². The number of carbonyl (C=O) groups excluding carboxylic acids is 1. The van der Waals surface area contributed by atoms with Gasteiger partial charge < -0.3 is 10.1 Å². The van der Waals surface area contributed by atoms with Crippen molar-refractivity contribution in [3.8, 4) is 5.75 Å². The van der Waals surface area contributed by atoms with Gasteiger partial charge in [-0.05, 0) is 41.7 Å².